The van der Waals surface area contributed by atoms with Crippen molar-refractivity contribution in [2.45, 2.75) is 58.8 Å². The van der Waals surface area contributed by atoms with E-state index < -0.39 is 10.9 Å². The summed E-state index contributed by atoms with van der Waals surface area (Å²) >= 11 is 0. The number of para-hydroxylation sites is 1. The quantitative estimate of drug-likeness (QED) is 0.326. The topological polar surface area (TPSA) is 72.9 Å². The fourth-order valence-corrected chi connectivity index (χ4v) is 4.07. The van der Waals surface area contributed by atoms with Crippen LogP contribution in [0.4, 0.5) is 5.69 Å². The van der Waals surface area contributed by atoms with Gasteiger partial charge in [-0.2, -0.15) is 0 Å². The zero-order valence-electron chi connectivity index (χ0n) is 18.8. The number of esters is 1. The Hall–Kier alpha value is -2.89. The first-order chi connectivity index (χ1) is 14.8. The number of hydrogen-bond donors (Lipinski definition) is 0. The van der Waals surface area contributed by atoms with Gasteiger partial charge in [-0.3, -0.25) is 14.4 Å². The predicted octanol–water partition coefficient (Wildman–Crippen LogP) is 3.94. The van der Waals surface area contributed by atoms with Gasteiger partial charge < -0.3 is 14.4 Å². The lowest BCUT2D eigenvalue weighted by atomic mass is 9.83. The van der Waals surface area contributed by atoms with E-state index in [2.05, 4.69) is 24.8 Å². The maximum atomic E-state index is 12.3. The van der Waals surface area contributed by atoms with Gasteiger partial charge in [0.05, 0.1) is 18.8 Å². The van der Waals surface area contributed by atoms with Crippen LogP contribution >= 0.6 is 0 Å². The monoisotopic (exact) mass is 425 g/mol. The molecule has 0 aliphatic carbocycles. The predicted molar refractivity (Wildman–Crippen MR) is 122 cm³/mol. The van der Waals surface area contributed by atoms with Crippen LogP contribution in [0, 0.1) is 0 Å². The van der Waals surface area contributed by atoms with Crippen molar-refractivity contribution >= 4 is 17.7 Å². The third kappa shape index (κ3) is 4.43. The number of carbonyl (C=O) groups excluding carboxylic acids is 1. The standard InChI is InChI=1S/C25H31NO5/c1-5-7-15-31-24-17(22(28)23(24)29)16-20-25(3,4)18-11-8-9-12-19(18)26(20)14-10-13-21(27)30-6-2/h8-9,11-12,16H,5-7,10,13-15H2,1-4H3. The molecule has 0 unspecified atom stereocenters. The van der Waals surface area contributed by atoms with E-state index >= 15 is 0 Å². The maximum Gasteiger partial charge on any atom is 0.305 e. The molecule has 2 aromatic rings. The van der Waals surface area contributed by atoms with E-state index in [1.807, 2.05) is 25.1 Å². The molecule has 0 atom stereocenters. The summed E-state index contributed by atoms with van der Waals surface area (Å²) in [4.78, 5) is 38.4. The number of hydrogen-bond acceptors (Lipinski definition) is 6. The van der Waals surface area contributed by atoms with Gasteiger partial charge in [-0.05, 0) is 37.5 Å². The molecule has 3 rings (SSSR count). The van der Waals surface area contributed by atoms with Crippen LogP contribution in [0.15, 0.2) is 39.6 Å². The molecule has 2 aromatic carbocycles. The molecule has 31 heavy (non-hydrogen) atoms. The normalized spacial score (nSPS) is 16.0. The molecule has 0 saturated heterocycles. The third-order valence-electron chi connectivity index (χ3n) is 5.79. The van der Waals surface area contributed by atoms with Gasteiger partial charge in [0.15, 0.2) is 5.75 Å². The second-order valence-corrected chi connectivity index (χ2v) is 8.34. The summed E-state index contributed by atoms with van der Waals surface area (Å²) in [5.74, 6) is -0.0435. The number of fused-ring (bicyclic) bond motifs is 1. The Balaban J connectivity index is 1.93. The minimum atomic E-state index is -0.551. The third-order valence-corrected chi connectivity index (χ3v) is 5.79. The average Bonchev–Trinajstić information content (AvgIpc) is 2.96. The van der Waals surface area contributed by atoms with E-state index in [-0.39, 0.29) is 17.1 Å². The number of carbonyl (C=O) groups is 1. The summed E-state index contributed by atoms with van der Waals surface area (Å²) in [7, 11) is 0. The maximum absolute atomic E-state index is 12.3. The Morgan fingerprint density at radius 1 is 1.10 bits per heavy atom. The number of ether oxygens (including phenoxy) is 2. The fourth-order valence-electron chi connectivity index (χ4n) is 4.07. The van der Waals surface area contributed by atoms with Crippen molar-refractivity contribution in [3.8, 4) is 5.75 Å². The Bertz CT molecular complexity index is 1040. The molecular formula is C25H31NO5. The van der Waals surface area contributed by atoms with Gasteiger partial charge in [0.25, 0.3) is 5.43 Å². The first kappa shape index (κ1) is 22.8. The smallest absolute Gasteiger partial charge is 0.305 e. The van der Waals surface area contributed by atoms with Crippen molar-refractivity contribution in [1.29, 1.82) is 0 Å². The lowest BCUT2D eigenvalue weighted by molar-refractivity contribution is -0.143. The number of anilines is 1. The summed E-state index contributed by atoms with van der Waals surface area (Å²) < 4.78 is 10.7. The molecule has 0 aromatic heterocycles. The van der Waals surface area contributed by atoms with Crippen LogP contribution in [-0.2, 0) is 14.9 Å². The molecule has 6 nitrogen and oxygen atoms in total. The Labute approximate surface area is 183 Å². The molecule has 1 heterocycles. The van der Waals surface area contributed by atoms with Gasteiger partial charge in [0, 0.05) is 29.8 Å². The largest absolute Gasteiger partial charge is 0.489 e. The molecule has 0 saturated carbocycles. The van der Waals surface area contributed by atoms with Crippen molar-refractivity contribution in [2.24, 2.45) is 0 Å². The molecular weight excluding hydrogens is 394 g/mol. The lowest BCUT2D eigenvalue weighted by Crippen LogP contribution is -2.36. The number of unbranched alkanes of at least 4 members (excludes halogenated alkanes) is 1. The van der Waals surface area contributed by atoms with Crippen LogP contribution in [-0.4, -0.2) is 25.7 Å². The van der Waals surface area contributed by atoms with Gasteiger partial charge in [0.2, 0.25) is 5.43 Å². The van der Waals surface area contributed by atoms with E-state index in [4.69, 9.17) is 9.47 Å². The van der Waals surface area contributed by atoms with E-state index in [0.29, 0.717) is 38.2 Å². The average molecular weight is 426 g/mol. The van der Waals surface area contributed by atoms with Crippen LogP contribution in [0.3, 0.4) is 0 Å². The van der Waals surface area contributed by atoms with E-state index in [1.165, 1.54) is 0 Å². The molecule has 0 radical (unpaired) electrons. The number of rotatable bonds is 10. The Kier molecular flexibility index (Phi) is 6.98. The molecule has 0 spiro atoms. The summed E-state index contributed by atoms with van der Waals surface area (Å²) in [6, 6.07) is 8.10. The van der Waals surface area contributed by atoms with Crippen LogP contribution in [0.5, 0.6) is 5.75 Å². The molecule has 0 bridgehead atoms. The summed E-state index contributed by atoms with van der Waals surface area (Å²) in [5.41, 5.74) is 2.04. The van der Waals surface area contributed by atoms with Gasteiger partial charge in [-0.15, -0.1) is 0 Å². The highest BCUT2D eigenvalue weighted by molar-refractivity contribution is 5.78. The van der Waals surface area contributed by atoms with Gasteiger partial charge in [0.1, 0.15) is 0 Å². The highest BCUT2D eigenvalue weighted by Crippen LogP contribution is 2.48. The van der Waals surface area contributed by atoms with E-state index in [0.717, 1.165) is 29.8 Å². The Morgan fingerprint density at radius 3 is 2.55 bits per heavy atom. The second-order valence-electron chi connectivity index (χ2n) is 8.34. The highest BCUT2D eigenvalue weighted by Gasteiger charge is 2.40. The molecule has 1 aliphatic heterocycles. The minimum Gasteiger partial charge on any atom is -0.489 e. The number of benzene rings is 1. The van der Waals surface area contributed by atoms with Gasteiger partial charge >= 0.3 is 5.97 Å². The van der Waals surface area contributed by atoms with Gasteiger partial charge in [-0.25, -0.2) is 0 Å². The van der Waals surface area contributed by atoms with Crippen molar-refractivity contribution in [3.63, 3.8) is 0 Å². The van der Waals surface area contributed by atoms with Crippen LogP contribution < -0.4 is 20.5 Å². The zero-order valence-corrected chi connectivity index (χ0v) is 18.8. The highest BCUT2D eigenvalue weighted by atomic mass is 16.5. The Morgan fingerprint density at radius 2 is 1.84 bits per heavy atom. The SMILES string of the molecule is CCCCOc1c(C=C2N(CCCC(=O)OCC)c3ccccc3C2(C)C)c(=O)c1=O. The zero-order chi connectivity index (χ0) is 22.6. The summed E-state index contributed by atoms with van der Waals surface area (Å²) in [6.45, 7) is 9.44. The molecule has 1 aliphatic rings. The summed E-state index contributed by atoms with van der Waals surface area (Å²) in [5, 5.41) is 0. The van der Waals surface area contributed by atoms with Crippen molar-refractivity contribution in [2.75, 3.05) is 24.7 Å². The van der Waals surface area contributed by atoms with E-state index in [1.54, 1.807) is 13.0 Å². The minimum absolute atomic E-state index is 0.171. The second kappa shape index (κ2) is 9.50. The number of allylic oxidation sites excluding steroid dienone is 1. The molecule has 0 amide bonds. The number of nitrogens with zero attached hydrogens (tertiary/aromatic N) is 1. The van der Waals surface area contributed by atoms with Gasteiger partial charge in [-0.1, -0.05) is 45.4 Å². The van der Waals surface area contributed by atoms with Crippen molar-refractivity contribution < 1.29 is 14.3 Å². The van der Waals surface area contributed by atoms with Crippen LogP contribution in [0.25, 0.3) is 6.08 Å². The van der Waals surface area contributed by atoms with Crippen molar-refractivity contribution in [1.82, 2.24) is 0 Å². The first-order valence-electron chi connectivity index (χ1n) is 11.0. The van der Waals surface area contributed by atoms with Crippen LogP contribution in [0.1, 0.15) is 64.5 Å². The molecule has 6 heteroatoms. The van der Waals surface area contributed by atoms with Crippen LogP contribution in [0.2, 0.25) is 0 Å². The molecule has 166 valence electrons. The molecule has 0 N–H and O–H groups in total. The first-order valence-corrected chi connectivity index (χ1v) is 11.0. The fraction of sp³-hybridized carbons (Fsp3) is 0.480. The molecule has 0 fully saturated rings. The van der Waals surface area contributed by atoms with Crippen molar-refractivity contribution in [3.05, 3.63) is 61.5 Å². The lowest BCUT2D eigenvalue weighted by Gasteiger charge is -2.27. The van der Waals surface area contributed by atoms with E-state index in [9.17, 15) is 14.4 Å². The summed E-state index contributed by atoms with van der Waals surface area (Å²) in [6.07, 6.45) is 4.52.